The fraction of sp³-hybridized carbons (Fsp3) is 0.0526. The maximum Gasteiger partial charge on any atom is 0.270 e. The predicted octanol–water partition coefficient (Wildman–Crippen LogP) is 4.03. The van der Waals surface area contributed by atoms with Crippen molar-refractivity contribution < 1.29 is 14.5 Å². The standard InChI is InChI=1S/C19H14N4O4S/c24-18(20-11-13-12-22-8-9-28-19(22)21-13)16-10-14(23(25)26)6-7-17(16)27-15-4-2-1-3-5-15/h1-10,12H,11H2,(H,20,24). The Morgan fingerprint density at radius 2 is 2.07 bits per heavy atom. The number of rotatable bonds is 6. The third-order valence-corrected chi connectivity index (χ3v) is 4.73. The Morgan fingerprint density at radius 1 is 1.25 bits per heavy atom. The molecule has 0 fully saturated rings. The number of hydrogen-bond donors (Lipinski definition) is 1. The number of nitrogens with one attached hydrogen (secondary N) is 1. The maximum atomic E-state index is 12.7. The molecule has 0 atom stereocenters. The first kappa shape index (κ1) is 17.7. The van der Waals surface area contributed by atoms with E-state index < -0.39 is 10.8 Å². The molecular weight excluding hydrogens is 380 g/mol. The molecule has 2 aromatic heterocycles. The zero-order valence-electron chi connectivity index (χ0n) is 14.4. The van der Waals surface area contributed by atoms with Crippen LogP contribution in [0.2, 0.25) is 0 Å². The van der Waals surface area contributed by atoms with Crippen molar-refractivity contribution in [3.63, 3.8) is 0 Å². The summed E-state index contributed by atoms with van der Waals surface area (Å²) in [5.41, 5.74) is 0.586. The van der Waals surface area contributed by atoms with Gasteiger partial charge in [-0.3, -0.25) is 19.3 Å². The molecule has 9 heteroatoms. The number of para-hydroxylation sites is 1. The Labute approximate surface area is 163 Å². The summed E-state index contributed by atoms with van der Waals surface area (Å²) in [6, 6.07) is 12.8. The van der Waals surface area contributed by atoms with E-state index in [1.807, 2.05) is 28.2 Å². The third-order valence-electron chi connectivity index (χ3n) is 3.96. The minimum atomic E-state index is -0.549. The molecule has 0 bridgehead atoms. The molecule has 0 aliphatic carbocycles. The number of thiazole rings is 1. The van der Waals surface area contributed by atoms with Crippen molar-refractivity contribution in [3.8, 4) is 11.5 Å². The Morgan fingerprint density at radius 3 is 2.82 bits per heavy atom. The van der Waals surface area contributed by atoms with Crippen LogP contribution in [0.4, 0.5) is 5.69 Å². The molecule has 4 rings (SSSR count). The molecule has 140 valence electrons. The van der Waals surface area contributed by atoms with Gasteiger partial charge in [-0.25, -0.2) is 4.98 Å². The topological polar surface area (TPSA) is 98.8 Å². The number of ether oxygens (including phenoxy) is 1. The molecule has 0 unspecified atom stereocenters. The van der Waals surface area contributed by atoms with Crippen LogP contribution in [0.25, 0.3) is 4.96 Å². The normalized spacial score (nSPS) is 10.7. The van der Waals surface area contributed by atoms with Crippen LogP contribution in [0.5, 0.6) is 11.5 Å². The molecule has 0 spiro atoms. The van der Waals surface area contributed by atoms with E-state index in [4.69, 9.17) is 4.74 Å². The number of non-ortho nitro benzene ring substituents is 1. The molecule has 0 saturated carbocycles. The predicted molar refractivity (Wildman–Crippen MR) is 104 cm³/mol. The van der Waals surface area contributed by atoms with Crippen LogP contribution in [0, 0.1) is 10.1 Å². The Kier molecular flexibility index (Phi) is 4.73. The zero-order valence-corrected chi connectivity index (χ0v) is 15.3. The summed E-state index contributed by atoms with van der Waals surface area (Å²) in [6.07, 6.45) is 3.70. The zero-order chi connectivity index (χ0) is 19.5. The van der Waals surface area contributed by atoms with Gasteiger partial charge in [0.2, 0.25) is 0 Å². The number of nitrogens with zero attached hydrogens (tertiary/aromatic N) is 3. The molecule has 4 aromatic rings. The third kappa shape index (κ3) is 3.69. The van der Waals surface area contributed by atoms with Crippen molar-refractivity contribution in [1.29, 1.82) is 0 Å². The molecule has 0 aliphatic heterocycles. The highest BCUT2D eigenvalue weighted by Gasteiger charge is 2.19. The first-order chi connectivity index (χ1) is 13.6. The van der Waals surface area contributed by atoms with Crippen molar-refractivity contribution in [2.75, 3.05) is 0 Å². The van der Waals surface area contributed by atoms with Crippen molar-refractivity contribution in [1.82, 2.24) is 14.7 Å². The molecule has 2 aromatic carbocycles. The second kappa shape index (κ2) is 7.49. The Balaban J connectivity index is 1.57. The van der Waals surface area contributed by atoms with E-state index in [0.717, 1.165) is 4.96 Å². The highest BCUT2D eigenvalue weighted by Crippen LogP contribution is 2.28. The first-order valence-corrected chi connectivity index (χ1v) is 9.19. The number of imidazole rings is 1. The van der Waals surface area contributed by atoms with Crippen LogP contribution in [0.15, 0.2) is 66.3 Å². The van der Waals surface area contributed by atoms with Crippen molar-refractivity contribution >= 4 is 27.9 Å². The average Bonchev–Trinajstić information content (AvgIpc) is 3.29. The molecule has 0 radical (unpaired) electrons. The van der Waals surface area contributed by atoms with Gasteiger partial charge in [-0.15, -0.1) is 11.3 Å². The van der Waals surface area contributed by atoms with E-state index in [2.05, 4.69) is 10.3 Å². The van der Waals surface area contributed by atoms with E-state index in [1.165, 1.54) is 29.5 Å². The minimum absolute atomic E-state index is 0.0825. The fourth-order valence-electron chi connectivity index (χ4n) is 2.64. The average molecular weight is 394 g/mol. The van der Waals surface area contributed by atoms with E-state index in [-0.39, 0.29) is 23.5 Å². The SMILES string of the molecule is O=C(NCc1cn2ccsc2n1)c1cc([N+](=O)[O-])ccc1Oc1ccccc1. The van der Waals surface area contributed by atoms with Crippen LogP contribution in [0.1, 0.15) is 16.1 Å². The van der Waals surface area contributed by atoms with Crippen LogP contribution in [-0.4, -0.2) is 20.2 Å². The summed E-state index contributed by atoms with van der Waals surface area (Å²) < 4.78 is 7.62. The van der Waals surface area contributed by atoms with Crippen LogP contribution in [0.3, 0.4) is 0 Å². The smallest absolute Gasteiger partial charge is 0.270 e. The van der Waals surface area contributed by atoms with Crippen molar-refractivity contribution in [2.24, 2.45) is 0 Å². The summed E-state index contributed by atoms with van der Waals surface area (Å²) in [6.45, 7) is 0.195. The van der Waals surface area contributed by atoms with Crippen LogP contribution >= 0.6 is 11.3 Å². The van der Waals surface area contributed by atoms with Gasteiger partial charge in [0.25, 0.3) is 11.6 Å². The van der Waals surface area contributed by atoms with E-state index in [9.17, 15) is 14.9 Å². The minimum Gasteiger partial charge on any atom is -0.457 e. The van der Waals surface area contributed by atoms with Gasteiger partial charge in [0.15, 0.2) is 4.96 Å². The number of carbonyl (C=O) groups is 1. The molecule has 8 nitrogen and oxygen atoms in total. The molecule has 28 heavy (non-hydrogen) atoms. The number of carbonyl (C=O) groups excluding carboxylic acids is 1. The van der Waals surface area contributed by atoms with Gasteiger partial charge in [0.1, 0.15) is 11.5 Å². The van der Waals surface area contributed by atoms with Crippen LogP contribution in [-0.2, 0) is 6.54 Å². The van der Waals surface area contributed by atoms with Gasteiger partial charge >= 0.3 is 0 Å². The molecule has 2 heterocycles. The number of aromatic nitrogens is 2. The highest BCUT2D eigenvalue weighted by atomic mass is 32.1. The lowest BCUT2D eigenvalue weighted by Gasteiger charge is -2.11. The summed E-state index contributed by atoms with van der Waals surface area (Å²) in [4.78, 5) is 28.5. The molecule has 1 amide bonds. The molecule has 1 N–H and O–H groups in total. The van der Waals surface area contributed by atoms with Gasteiger partial charge in [0, 0.05) is 29.9 Å². The number of nitro benzene ring substituents is 1. The second-order valence-electron chi connectivity index (χ2n) is 5.86. The largest absolute Gasteiger partial charge is 0.457 e. The quantitative estimate of drug-likeness (QED) is 0.393. The number of amides is 1. The number of fused-ring (bicyclic) bond motifs is 1. The molecule has 0 aliphatic rings. The van der Waals surface area contributed by atoms with Crippen molar-refractivity contribution in [2.45, 2.75) is 6.54 Å². The number of hydrogen-bond acceptors (Lipinski definition) is 6. The van der Waals surface area contributed by atoms with Gasteiger partial charge in [-0.2, -0.15) is 0 Å². The monoisotopic (exact) mass is 394 g/mol. The van der Waals surface area contributed by atoms with E-state index >= 15 is 0 Å². The Hall–Kier alpha value is -3.72. The lowest BCUT2D eigenvalue weighted by molar-refractivity contribution is -0.384. The second-order valence-corrected chi connectivity index (χ2v) is 6.73. The maximum absolute atomic E-state index is 12.7. The van der Waals surface area contributed by atoms with E-state index in [0.29, 0.717) is 11.4 Å². The summed E-state index contributed by atoms with van der Waals surface area (Å²) >= 11 is 1.49. The van der Waals surface area contributed by atoms with Crippen LogP contribution < -0.4 is 10.1 Å². The van der Waals surface area contributed by atoms with Gasteiger partial charge in [-0.1, -0.05) is 18.2 Å². The number of benzene rings is 2. The molecule has 0 saturated heterocycles. The lowest BCUT2D eigenvalue weighted by Crippen LogP contribution is -2.23. The van der Waals surface area contributed by atoms with Gasteiger partial charge < -0.3 is 10.1 Å². The van der Waals surface area contributed by atoms with Crippen molar-refractivity contribution in [3.05, 3.63) is 87.7 Å². The Bertz CT molecular complexity index is 1120. The summed E-state index contributed by atoms with van der Waals surface area (Å²) in [7, 11) is 0. The van der Waals surface area contributed by atoms with Gasteiger partial charge in [-0.05, 0) is 18.2 Å². The summed E-state index contributed by atoms with van der Waals surface area (Å²) in [5.74, 6) is 0.283. The highest BCUT2D eigenvalue weighted by molar-refractivity contribution is 7.15. The van der Waals surface area contributed by atoms with Gasteiger partial charge in [0.05, 0.1) is 22.7 Å². The summed E-state index contributed by atoms with van der Waals surface area (Å²) in [5, 5.41) is 15.8. The fourth-order valence-corrected chi connectivity index (χ4v) is 3.36. The number of nitro groups is 1. The van der Waals surface area contributed by atoms with E-state index in [1.54, 1.807) is 24.3 Å². The lowest BCUT2D eigenvalue weighted by atomic mass is 10.1. The molecular formula is C19H14N4O4S. The first-order valence-electron chi connectivity index (χ1n) is 8.31.